The van der Waals surface area contributed by atoms with E-state index in [2.05, 4.69) is 21.3 Å². The van der Waals surface area contributed by atoms with Gasteiger partial charge < -0.3 is 5.11 Å². The van der Waals surface area contributed by atoms with Crippen LogP contribution in [0.2, 0.25) is 0 Å². The van der Waals surface area contributed by atoms with E-state index in [9.17, 15) is 12.8 Å². The highest BCUT2D eigenvalue weighted by atomic mass is 32.2. The quantitative estimate of drug-likeness (QED) is 0.696. The van der Waals surface area contributed by atoms with Crippen molar-refractivity contribution in [3.63, 3.8) is 0 Å². The molecule has 18 heavy (non-hydrogen) atoms. The molecule has 1 rings (SSSR count). The molecule has 0 saturated carbocycles. The van der Waals surface area contributed by atoms with Gasteiger partial charge in [0.05, 0.1) is 17.9 Å². The monoisotopic (exact) mass is 272 g/mol. The molecule has 0 bridgehead atoms. The normalized spacial score (nSPS) is 10.6. The maximum absolute atomic E-state index is 13.4. The Labute approximate surface area is 105 Å². The molecule has 0 saturated heterocycles. The maximum atomic E-state index is 13.4. The molecule has 0 atom stereocenters. The van der Waals surface area contributed by atoms with E-state index in [1.165, 1.54) is 19.2 Å². The summed E-state index contributed by atoms with van der Waals surface area (Å²) < 4.78 is 40.1. The lowest BCUT2D eigenvalue weighted by Crippen LogP contribution is -2.26. The Morgan fingerprint density at radius 1 is 1.44 bits per heavy atom. The van der Waals surface area contributed by atoms with Crippen LogP contribution in [-0.4, -0.2) is 27.2 Å². The van der Waals surface area contributed by atoms with Crippen LogP contribution in [0.5, 0.6) is 0 Å². The number of rotatable bonds is 4. The third-order valence-corrected chi connectivity index (χ3v) is 2.99. The van der Waals surface area contributed by atoms with Gasteiger partial charge in [0, 0.05) is 13.5 Å². The lowest BCUT2D eigenvalue weighted by Gasteiger charge is -2.06. The second-order valence-corrected chi connectivity index (χ2v) is 4.90. The van der Waals surface area contributed by atoms with Crippen LogP contribution >= 0.6 is 0 Å². The second-order valence-electron chi connectivity index (χ2n) is 3.28. The average molecular weight is 272 g/mol. The lowest BCUT2D eigenvalue weighted by molar-refractivity contribution is 0.305. The van der Waals surface area contributed by atoms with Gasteiger partial charge in [0.1, 0.15) is 5.82 Å². The minimum Gasteiger partial charge on any atom is -0.395 e. The van der Waals surface area contributed by atoms with Crippen molar-refractivity contribution >= 4 is 15.9 Å². The summed E-state index contributed by atoms with van der Waals surface area (Å²) in [6.45, 7) is -0.110. The summed E-state index contributed by atoms with van der Waals surface area (Å²) >= 11 is 0. The average Bonchev–Trinajstić information content (AvgIpc) is 2.33. The van der Waals surface area contributed by atoms with Crippen LogP contribution in [0.3, 0.4) is 0 Å². The van der Waals surface area contributed by atoms with Gasteiger partial charge in [-0.15, -0.1) is 0 Å². The van der Waals surface area contributed by atoms with Crippen LogP contribution in [0.15, 0.2) is 18.2 Å². The van der Waals surface area contributed by atoms with E-state index in [4.69, 9.17) is 5.11 Å². The summed E-state index contributed by atoms with van der Waals surface area (Å²) in [6.07, 6.45) is 0.228. The number of anilines is 1. The summed E-state index contributed by atoms with van der Waals surface area (Å²) in [5, 5.41) is 8.56. The molecule has 0 radical (unpaired) electrons. The Balaban J connectivity index is 2.98. The molecular weight excluding hydrogens is 259 g/mol. The molecule has 3 N–H and O–H groups in total. The number of halogens is 1. The van der Waals surface area contributed by atoms with Gasteiger partial charge in [-0.3, -0.25) is 4.72 Å². The predicted octanol–water partition coefficient (Wildman–Crippen LogP) is 0.436. The highest BCUT2D eigenvalue weighted by Gasteiger charge is 2.08. The van der Waals surface area contributed by atoms with E-state index in [0.717, 1.165) is 6.07 Å². The standard InChI is InChI=1S/C11H13FN2O3S/c1-13-18(16,17)14-10-5-6-11(12)9(8-10)4-2-3-7-15/h5-6,8,13-15H,3,7H2,1H3. The number of hydrogen-bond donors (Lipinski definition) is 3. The third kappa shape index (κ3) is 4.33. The zero-order valence-electron chi connectivity index (χ0n) is 9.70. The van der Waals surface area contributed by atoms with Crippen LogP contribution < -0.4 is 9.44 Å². The number of aliphatic hydroxyl groups excluding tert-OH is 1. The molecule has 98 valence electrons. The Morgan fingerprint density at radius 2 is 2.17 bits per heavy atom. The van der Waals surface area contributed by atoms with Gasteiger partial charge in [-0.25, -0.2) is 9.11 Å². The van der Waals surface area contributed by atoms with Crippen molar-refractivity contribution in [1.82, 2.24) is 4.72 Å². The van der Waals surface area contributed by atoms with Gasteiger partial charge >= 0.3 is 0 Å². The van der Waals surface area contributed by atoms with Crippen molar-refractivity contribution in [2.24, 2.45) is 0 Å². The fourth-order valence-corrected chi connectivity index (χ4v) is 1.64. The van der Waals surface area contributed by atoms with Crippen LogP contribution in [-0.2, 0) is 10.2 Å². The van der Waals surface area contributed by atoms with Crippen molar-refractivity contribution < 1.29 is 17.9 Å². The fraction of sp³-hybridized carbons (Fsp3) is 0.273. The molecule has 0 aliphatic heterocycles. The van der Waals surface area contributed by atoms with Crippen LogP contribution in [0.4, 0.5) is 10.1 Å². The molecule has 0 heterocycles. The first-order chi connectivity index (χ1) is 8.48. The van der Waals surface area contributed by atoms with E-state index in [-0.39, 0.29) is 24.3 Å². The Bertz CT molecular complexity index is 576. The smallest absolute Gasteiger partial charge is 0.298 e. The van der Waals surface area contributed by atoms with Crippen LogP contribution in [0.25, 0.3) is 0 Å². The lowest BCUT2D eigenvalue weighted by atomic mass is 10.2. The number of benzene rings is 1. The van der Waals surface area contributed by atoms with Gasteiger partial charge in [0.15, 0.2) is 0 Å². The number of aliphatic hydroxyl groups is 1. The summed E-state index contributed by atoms with van der Waals surface area (Å²) in [6, 6.07) is 3.70. The summed E-state index contributed by atoms with van der Waals surface area (Å²) in [7, 11) is -2.38. The molecule has 0 spiro atoms. The number of hydrogen-bond acceptors (Lipinski definition) is 3. The van der Waals surface area contributed by atoms with Crippen molar-refractivity contribution in [2.45, 2.75) is 6.42 Å². The van der Waals surface area contributed by atoms with Gasteiger partial charge in [-0.1, -0.05) is 11.8 Å². The van der Waals surface area contributed by atoms with Crippen LogP contribution in [0, 0.1) is 17.7 Å². The molecule has 0 aromatic heterocycles. The topological polar surface area (TPSA) is 78.4 Å². The first kappa shape index (κ1) is 14.4. The van der Waals surface area contributed by atoms with Crippen molar-refractivity contribution in [2.75, 3.05) is 18.4 Å². The fourth-order valence-electron chi connectivity index (χ4n) is 1.10. The summed E-state index contributed by atoms with van der Waals surface area (Å²) in [5.74, 6) is 4.53. The van der Waals surface area contributed by atoms with E-state index < -0.39 is 16.0 Å². The van der Waals surface area contributed by atoms with E-state index in [1.54, 1.807) is 0 Å². The zero-order valence-corrected chi connectivity index (χ0v) is 10.5. The van der Waals surface area contributed by atoms with Gasteiger partial charge in [-0.2, -0.15) is 8.42 Å². The summed E-state index contributed by atoms with van der Waals surface area (Å²) in [4.78, 5) is 0. The maximum Gasteiger partial charge on any atom is 0.298 e. The zero-order chi connectivity index (χ0) is 13.6. The molecule has 7 heteroatoms. The SMILES string of the molecule is CNS(=O)(=O)Nc1ccc(F)c(C#CCCO)c1. The van der Waals surface area contributed by atoms with Gasteiger partial charge in [0.25, 0.3) is 10.2 Å². The molecular formula is C11H13FN2O3S. The van der Waals surface area contributed by atoms with Crippen molar-refractivity contribution in [3.05, 3.63) is 29.6 Å². The second kappa shape index (κ2) is 6.35. The summed E-state index contributed by atoms with van der Waals surface area (Å²) in [5.41, 5.74) is 0.277. The highest BCUT2D eigenvalue weighted by molar-refractivity contribution is 7.90. The molecule has 0 unspecified atom stereocenters. The minimum atomic E-state index is -3.64. The van der Waals surface area contributed by atoms with Gasteiger partial charge in [-0.05, 0) is 18.2 Å². The third-order valence-electron chi connectivity index (χ3n) is 1.95. The Kier molecular flexibility index (Phi) is 5.09. The Hall–Kier alpha value is -1.62. The number of nitrogens with one attached hydrogen (secondary N) is 2. The minimum absolute atomic E-state index is 0.0692. The van der Waals surface area contributed by atoms with Crippen molar-refractivity contribution in [1.29, 1.82) is 0 Å². The van der Waals surface area contributed by atoms with E-state index >= 15 is 0 Å². The van der Waals surface area contributed by atoms with Crippen LogP contribution in [0.1, 0.15) is 12.0 Å². The Morgan fingerprint density at radius 3 is 2.78 bits per heavy atom. The molecule has 0 fully saturated rings. The molecule has 1 aromatic carbocycles. The molecule has 0 aliphatic carbocycles. The predicted molar refractivity (Wildman–Crippen MR) is 66.6 cm³/mol. The largest absolute Gasteiger partial charge is 0.395 e. The van der Waals surface area contributed by atoms with E-state index in [1.807, 2.05) is 0 Å². The van der Waals surface area contributed by atoms with Gasteiger partial charge in [0.2, 0.25) is 0 Å². The molecule has 0 amide bonds. The molecule has 5 nitrogen and oxygen atoms in total. The van der Waals surface area contributed by atoms with Crippen molar-refractivity contribution in [3.8, 4) is 11.8 Å². The first-order valence-corrected chi connectivity index (χ1v) is 6.57. The molecule has 0 aliphatic rings. The first-order valence-electron chi connectivity index (χ1n) is 5.09. The molecule has 1 aromatic rings. The van der Waals surface area contributed by atoms with E-state index in [0.29, 0.717) is 0 Å². The highest BCUT2D eigenvalue weighted by Crippen LogP contribution is 2.14.